The van der Waals surface area contributed by atoms with Gasteiger partial charge >= 0.3 is 0 Å². The molecule has 0 amide bonds. The van der Waals surface area contributed by atoms with Crippen LogP contribution in [0.2, 0.25) is 0 Å². The van der Waals surface area contributed by atoms with Crippen LogP contribution in [0.4, 0.5) is 5.82 Å². The van der Waals surface area contributed by atoms with E-state index in [1.807, 2.05) is 6.26 Å². The van der Waals surface area contributed by atoms with Gasteiger partial charge in [0.2, 0.25) is 0 Å². The molecule has 0 saturated carbocycles. The van der Waals surface area contributed by atoms with Gasteiger partial charge in [-0.2, -0.15) is 0 Å². The molecule has 3 rings (SSSR count). The molecule has 0 bridgehead atoms. The Bertz CT molecular complexity index is 760. The molecule has 1 aliphatic heterocycles. The first kappa shape index (κ1) is 19.9. The van der Waals surface area contributed by atoms with Crippen LogP contribution in [-0.4, -0.2) is 48.0 Å². The summed E-state index contributed by atoms with van der Waals surface area (Å²) < 4.78 is 6.14. The standard InChI is InChI=1S/C19H30N4OS2/c1-6-19(4)11-13-14(12-24-19)26-17-15(13)16(21-18(22-17)25-5)20-9-10-23(7-2)8-3/h6-12H2,1-5H3,(H,20,21,22)/p+1/t19-/m1/s1. The Hall–Kier alpha value is -0.890. The number of ether oxygens (including phenoxy) is 1. The fourth-order valence-electron chi connectivity index (χ4n) is 3.46. The second-order valence-electron chi connectivity index (χ2n) is 7.15. The minimum absolute atomic E-state index is 0.0815. The number of thioether (sulfide) groups is 1. The molecule has 1 atom stereocenters. The molecule has 0 fully saturated rings. The third-order valence-electron chi connectivity index (χ3n) is 5.52. The van der Waals surface area contributed by atoms with E-state index in [9.17, 15) is 0 Å². The monoisotopic (exact) mass is 395 g/mol. The van der Waals surface area contributed by atoms with E-state index in [-0.39, 0.29) is 5.60 Å². The molecule has 144 valence electrons. The maximum Gasteiger partial charge on any atom is 0.190 e. The van der Waals surface area contributed by atoms with Crippen LogP contribution in [0, 0.1) is 0 Å². The number of nitrogens with one attached hydrogen (secondary N) is 2. The quantitative estimate of drug-likeness (QED) is 0.532. The molecule has 0 aliphatic carbocycles. The molecular weight excluding hydrogens is 364 g/mol. The minimum Gasteiger partial charge on any atom is -0.369 e. The summed E-state index contributed by atoms with van der Waals surface area (Å²) in [6, 6.07) is 0. The van der Waals surface area contributed by atoms with Crippen molar-refractivity contribution in [2.75, 3.05) is 37.8 Å². The van der Waals surface area contributed by atoms with Crippen LogP contribution in [-0.2, 0) is 17.8 Å². The molecule has 2 aromatic rings. The van der Waals surface area contributed by atoms with Crippen LogP contribution < -0.4 is 10.2 Å². The zero-order chi connectivity index (χ0) is 18.7. The number of nitrogens with zero attached hydrogens (tertiary/aromatic N) is 2. The third kappa shape index (κ3) is 4.01. The lowest BCUT2D eigenvalue weighted by Crippen LogP contribution is -3.12. The molecule has 26 heavy (non-hydrogen) atoms. The van der Waals surface area contributed by atoms with E-state index >= 15 is 0 Å². The predicted octanol–water partition coefficient (Wildman–Crippen LogP) is 2.99. The van der Waals surface area contributed by atoms with Crippen molar-refractivity contribution < 1.29 is 9.64 Å². The van der Waals surface area contributed by atoms with Gasteiger partial charge in [0.15, 0.2) is 5.16 Å². The lowest BCUT2D eigenvalue weighted by molar-refractivity contribution is -0.894. The van der Waals surface area contributed by atoms with Gasteiger partial charge in [-0.1, -0.05) is 18.7 Å². The number of thiophene rings is 1. The molecular formula is C19H31N4OS2+. The van der Waals surface area contributed by atoms with E-state index < -0.39 is 0 Å². The van der Waals surface area contributed by atoms with Gasteiger partial charge in [0.25, 0.3) is 0 Å². The maximum absolute atomic E-state index is 6.14. The number of fused-ring (bicyclic) bond motifs is 3. The van der Waals surface area contributed by atoms with Gasteiger partial charge in [-0.25, -0.2) is 9.97 Å². The summed E-state index contributed by atoms with van der Waals surface area (Å²) in [7, 11) is 0. The molecule has 0 unspecified atom stereocenters. The predicted molar refractivity (Wildman–Crippen MR) is 112 cm³/mol. The van der Waals surface area contributed by atoms with E-state index in [1.54, 1.807) is 28.0 Å². The first-order valence-electron chi connectivity index (χ1n) is 9.61. The Morgan fingerprint density at radius 1 is 1.27 bits per heavy atom. The summed E-state index contributed by atoms with van der Waals surface area (Å²) in [5.74, 6) is 1.00. The van der Waals surface area contributed by atoms with Gasteiger partial charge in [-0.15, -0.1) is 11.3 Å². The molecule has 7 heteroatoms. The molecule has 0 aromatic carbocycles. The van der Waals surface area contributed by atoms with Crippen LogP contribution in [0.25, 0.3) is 10.2 Å². The SMILES string of the molecule is CC[NH+](CC)CCNc1nc(SC)nc2sc3c(c12)C[C@@](C)(CC)OC3. The summed E-state index contributed by atoms with van der Waals surface area (Å²) in [6.07, 6.45) is 3.99. The molecule has 5 nitrogen and oxygen atoms in total. The Kier molecular flexibility index (Phi) is 6.43. The zero-order valence-corrected chi connectivity index (χ0v) is 18.2. The number of anilines is 1. The lowest BCUT2D eigenvalue weighted by atomic mass is 9.90. The minimum atomic E-state index is -0.0815. The first-order chi connectivity index (χ1) is 12.5. The number of aromatic nitrogens is 2. The molecule has 0 saturated heterocycles. The topological polar surface area (TPSA) is 51.5 Å². The Balaban J connectivity index is 1.94. The second-order valence-corrected chi connectivity index (χ2v) is 9.00. The van der Waals surface area contributed by atoms with Crippen molar-refractivity contribution in [1.82, 2.24) is 9.97 Å². The number of quaternary nitrogens is 1. The first-order valence-corrected chi connectivity index (χ1v) is 11.6. The highest BCUT2D eigenvalue weighted by Gasteiger charge is 2.33. The van der Waals surface area contributed by atoms with Crippen molar-refractivity contribution in [3.8, 4) is 0 Å². The van der Waals surface area contributed by atoms with Gasteiger partial charge < -0.3 is 15.0 Å². The summed E-state index contributed by atoms with van der Waals surface area (Å²) in [4.78, 5) is 13.6. The van der Waals surface area contributed by atoms with Gasteiger partial charge in [-0.05, 0) is 39.0 Å². The third-order valence-corrected chi connectivity index (χ3v) is 7.16. The molecule has 0 radical (unpaired) electrons. The zero-order valence-electron chi connectivity index (χ0n) is 16.6. The number of hydrogen-bond donors (Lipinski definition) is 2. The second kappa shape index (κ2) is 8.42. The van der Waals surface area contributed by atoms with E-state index in [0.29, 0.717) is 6.61 Å². The summed E-state index contributed by atoms with van der Waals surface area (Å²) in [5, 5.41) is 5.69. The van der Waals surface area contributed by atoms with Gasteiger partial charge in [0, 0.05) is 11.3 Å². The maximum atomic E-state index is 6.14. The number of likely N-dealkylation sites (N-methyl/N-ethyl adjacent to an activating group) is 1. The molecule has 0 spiro atoms. The van der Waals surface area contributed by atoms with Crippen molar-refractivity contribution >= 4 is 39.1 Å². The summed E-state index contributed by atoms with van der Waals surface area (Å²) in [6.45, 7) is 14.0. The highest BCUT2D eigenvalue weighted by Crippen LogP contribution is 2.42. The van der Waals surface area contributed by atoms with Crippen LogP contribution in [0.5, 0.6) is 0 Å². The summed E-state index contributed by atoms with van der Waals surface area (Å²) in [5.41, 5.74) is 1.31. The normalized spacial score (nSPS) is 19.9. The molecule has 3 heterocycles. The van der Waals surface area contributed by atoms with Crippen molar-refractivity contribution in [2.24, 2.45) is 0 Å². The van der Waals surface area contributed by atoms with E-state index in [0.717, 1.165) is 54.8 Å². The van der Waals surface area contributed by atoms with E-state index in [4.69, 9.17) is 14.7 Å². The Labute approximate surface area is 164 Å². The van der Waals surface area contributed by atoms with Crippen LogP contribution >= 0.6 is 23.1 Å². The van der Waals surface area contributed by atoms with Gasteiger partial charge in [0.1, 0.15) is 10.6 Å². The van der Waals surface area contributed by atoms with Crippen molar-refractivity contribution in [1.29, 1.82) is 0 Å². The van der Waals surface area contributed by atoms with Gasteiger partial charge in [-0.3, -0.25) is 0 Å². The molecule has 2 N–H and O–H groups in total. The lowest BCUT2D eigenvalue weighted by Gasteiger charge is -2.33. The average molecular weight is 396 g/mol. The average Bonchev–Trinajstić information content (AvgIpc) is 3.02. The molecule has 2 aromatic heterocycles. The van der Waals surface area contributed by atoms with Crippen molar-refractivity contribution in [2.45, 2.75) is 57.9 Å². The number of rotatable bonds is 8. The van der Waals surface area contributed by atoms with Crippen LogP contribution in [0.1, 0.15) is 44.6 Å². The highest BCUT2D eigenvalue weighted by molar-refractivity contribution is 7.98. The van der Waals surface area contributed by atoms with E-state index in [1.165, 1.54) is 15.8 Å². The fourth-order valence-corrected chi connectivity index (χ4v) is 4.99. The van der Waals surface area contributed by atoms with Crippen molar-refractivity contribution in [3.05, 3.63) is 10.4 Å². The van der Waals surface area contributed by atoms with Crippen molar-refractivity contribution in [3.63, 3.8) is 0 Å². The van der Waals surface area contributed by atoms with Gasteiger partial charge in [0.05, 0.1) is 43.8 Å². The largest absolute Gasteiger partial charge is 0.369 e. The fraction of sp³-hybridized carbons (Fsp3) is 0.684. The Morgan fingerprint density at radius 2 is 2.04 bits per heavy atom. The van der Waals surface area contributed by atoms with Crippen LogP contribution in [0.3, 0.4) is 0 Å². The smallest absolute Gasteiger partial charge is 0.190 e. The summed E-state index contributed by atoms with van der Waals surface area (Å²) >= 11 is 3.37. The highest BCUT2D eigenvalue weighted by atomic mass is 32.2. The Morgan fingerprint density at radius 3 is 2.69 bits per heavy atom. The van der Waals surface area contributed by atoms with Crippen LogP contribution in [0.15, 0.2) is 5.16 Å². The molecule has 1 aliphatic rings. The number of hydrogen-bond acceptors (Lipinski definition) is 6. The van der Waals surface area contributed by atoms with E-state index in [2.05, 4.69) is 33.0 Å².